The Balaban J connectivity index is 1.97. The van der Waals surface area contributed by atoms with Crippen LogP contribution in [0.3, 0.4) is 0 Å². The summed E-state index contributed by atoms with van der Waals surface area (Å²) in [4.78, 5) is 26.8. The zero-order valence-corrected chi connectivity index (χ0v) is 16.6. The van der Waals surface area contributed by atoms with Crippen molar-refractivity contribution in [2.45, 2.75) is 32.3 Å². The first-order valence-corrected chi connectivity index (χ1v) is 9.87. The van der Waals surface area contributed by atoms with Gasteiger partial charge < -0.3 is 15.0 Å². The Morgan fingerprint density at radius 2 is 1.82 bits per heavy atom. The lowest BCUT2D eigenvalue weighted by Crippen LogP contribution is -2.62. The average Bonchev–Trinajstić information content (AvgIpc) is 2.73. The Kier molecular flexibility index (Phi) is 6.47. The van der Waals surface area contributed by atoms with Crippen molar-refractivity contribution in [2.75, 3.05) is 26.2 Å². The van der Waals surface area contributed by atoms with Gasteiger partial charge in [0.2, 0.25) is 5.91 Å². The highest BCUT2D eigenvalue weighted by molar-refractivity contribution is 5.87. The van der Waals surface area contributed by atoms with Crippen LogP contribution in [-0.4, -0.2) is 48.6 Å². The molecule has 2 aromatic rings. The molecule has 1 aliphatic rings. The van der Waals surface area contributed by atoms with Crippen molar-refractivity contribution in [2.24, 2.45) is 0 Å². The summed E-state index contributed by atoms with van der Waals surface area (Å²) in [5.74, 6) is -0.185. The van der Waals surface area contributed by atoms with Gasteiger partial charge in [-0.25, -0.2) is 0 Å². The average molecular weight is 380 g/mol. The van der Waals surface area contributed by atoms with Crippen LogP contribution in [0.4, 0.5) is 0 Å². The lowest BCUT2D eigenvalue weighted by Gasteiger charge is -2.41. The summed E-state index contributed by atoms with van der Waals surface area (Å²) in [6, 6.07) is 18.2. The Morgan fingerprint density at radius 3 is 2.54 bits per heavy atom. The second-order valence-corrected chi connectivity index (χ2v) is 7.24. The van der Waals surface area contributed by atoms with Gasteiger partial charge in [-0.15, -0.1) is 0 Å². The Morgan fingerprint density at radius 1 is 1.11 bits per heavy atom. The molecule has 1 heterocycles. The van der Waals surface area contributed by atoms with E-state index in [0.29, 0.717) is 26.1 Å². The topological polar surface area (TPSA) is 58.6 Å². The van der Waals surface area contributed by atoms with E-state index in [2.05, 4.69) is 23.5 Å². The standard InChI is InChI=1S/C23H28N2O3/c1-3-13-24-22(27)23(17-25(18(2)26)14-15-28-23)16-20-11-7-8-12-21(20)19-9-5-4-6-10-19/h4-12H,3,13-17H2,1-2H3,(H,24,27). The minimum atomic E-state index is -1.08. The lowest BCUT2D eigenvalue weighted by molar-refractivity contribution is -0.165. The first-order chi connectivity index (χ1) is 13.6. The van der Waals surface area contributed by atoms with Crippen molar-refractivity contribution < 1.29 is 14.3 Å². The smallest absolute Gasteiger partial charge is 0.254 e. The molecule has 1 unspecified atom stereocenters. The van der Waals surface area contributed by atoms with Crippen molar-refractivity contribution in [1.82, 2.24) is 10.2 Å². The highest BCUT2D eigenvalue weighted by atomic mass is 16.5. The third-order valence-electron chi connectivity index (χ3n) is 5.16. The first-order valence-electron chi connectivity index (χ1n) is 9.87. The molecule has 28 heavy (non-hydrogen) atoms. The van der Waals surface area contributed by atoms with E-state index >= 15 is 0 Å². The molecule has 2 amide bonds. The molecule has 0 spiro atoms. The summed E-state index contributed by atoms with van der Waals surface area (Å²) >= 11 is 0. The number of ether oxygens (including phenoxy) is 1. The number of hydrogen-bond acceptors (Lipinski definition) is 3. The normalized spacial score (nSPS) is 19.3. The fourth-order valence-electron chi connectivity index (χ4n) is 3.66. The molecule has 1 N–H and O–H groups in total. The van der Waals surface area contributed by atoms with E-state index in [4.69, 9.17) is 4.74 Å². The molecule has 0 radical (unpaired) electrons. The van der Waals surface area contributed by atoms with Gasteiger partial charge in [-0.05, 0) is 23.1 Å². The van der Waals surface area contributed by atoms with E-state index in [0.717, 1.165) is 23.1 Å². The number of benzene rings is 2. The number of amides is 2. The van der Waals surface area contributed by atoms with Crippen LogP contribution in [0.1, 0.15) is 25.8 Å². The van der Waals surface area contributed by atoms with Gasteiger partial charge in [0.1, 0.15) is 0 Å². The van der Waals surface area contributed by atoms with E-state index in [1.807, 2.05) is 43.3 Å². The number of rotatable bonds is 6. The van der Waals surface area contributed by atoms with Crippen LogP contribution in [0, 0.1) is 0 Å². The molecule has 0 saturated carbocycles. The van der Waals surface area contributed by atoms with Crippen LogP contribution in [0.5, 0.6) is 0 Å². The number of nitrogens with one attached hydrogen (secondary N) is 1. The summed E-state index contributed by atoms with van der Waals surface area (Å²) < 4.78 is 6.09. The van der Waals surface area contributed by atoms with Crippen molar-refractivity contribution >= 4 is 11.8 Å². The van der Waals surface area contributed by atoms with E-state index < -0.39 is 5.60 Å². The largest absolute Gasteiger partial charge is 0.361 e. The minimum absolute atomic E-state index is 0.0349. The molecule has 0 aliphatic carbocycles. The maximum Gasteiger partial charge on any atom is 0.254 e. The van der Waals surface area contributed by atoms with Gasteiger partial charge in [0, 0.05) is 26.4 Å². The monoisotopic (exact) mass is 380 g/mol. The maximum absolute atomic E-state index is 13.1. The molecule has 0 aromatic heterocycles. The van der Waals surface area contributed by atoms with E-state index in [-0.39, 0.29) is 18.4 Å². The van der Waals surface area contributed by atoms with Crippen LogP contribution < -0.4 is 5.32 Å². The predicted molar refractivity (Wildman–Crippen MR) is 110 cm³/mol. The van der Waals surface area contributed by atoms with Crippen molar-refractivity contribution in [3.05, 3.63) is 60.2 Å². The number of carbonyl (C=O) groups excluding carboxylic acids is 2. The van der Waals surface area contributed by atoms with Crippen LogP contribution >= 0.6 is 0 Å². The highest BCUT2D eigenvalue weighted by Gasteiger charge is 2.44. The predicted octanol–water partition coefficient (Wildman–Crippen LogP) is 3.04. The molecule has 1 atom stereocenters. The van der Waals surface area contributed by atoms with E-state index in [1.54, 1.807) is 4.90 Å². The van der Waals surface area contributed by atoms with Crippen LogP contribution in [0.15, 0.2) is 54.6 Å². The van der Waals surface area contributed by atoms with Crippen molar-refractivity contribution in [3.8, 4) is 11.1 Å². The number of nitrogens with zero attached hydrogens (tertiary/aromatic N) is 1. The molecule has 3 rings (SSSR count). The maximum atomic E-state index is 13.1. The Bertz CT molecular complexity index is 822. The molecule has 5 nitrogen and oxygen atoms in total. The molecular weight excluding hydrogens is 352 g/mol. The molecule has 0 bridgehead atoms. The van der Waals surface area contributed by atoms with Gasteiger partial charge in [0.15, 0.2) is 5.60 Å². The van der Waals surface area contributed by atoms with Crippen LogP contribution in [0.2, 0.25) is 0 Å². The van der Waals surface area contributed by atoms with Gasteiger partial charge in [0.25, 0.3) is 5.91 Å². The summed E-state index contributed by atoms with van der Waals surface area (Å²) in [6.45, 7) is 5.27. The summed E-state index contributed by atoms with van der Waals surface area (Å²) in [5.41, 5.74) is 2.13. The van der Waals surface area contributed by atoms with Gasteiger partial charge in [-0.1, -0.05) is 61.5 Å². The Hall–Kier alpha value is -2.66. The van der Waals surface area contributed by atoms with E-state index in [9.17, 15) is 9.59 Å². The second-order valence-electron chi connectivity index (χ2n) is 7.24. The third kappa shape index (κ3) is 4.42. The molecular formula is C23H28N2O3. The zero-order chi connectivity index (χ0) is 20.0. The second kappa shape index (κ2) is 9.02. The number of hydrogen-bond donors (Lipinski definition) is 1. The fourth-order valence-corrected chi connectivity index (χ4v) is 3.66. The Labute approximate surface area is 166 Å². The van der Waals surface area contributed by atoms with Gasteiger partial charge in [-0.2, -0.15) is 0 Å². The summed E-state index contributed by atoms with van der Waals surface area (Å²) in [7, 11) is 0. The van der Waals surface area contributed by atoms with Gasteiger partial charge in [0.05, 0.1) is 13.2 Å². The molecule has 5 heteroatoms. The van der Waals surface area contributed by atoms with Crippen LogP contribution in [0.25, 0.3) is 11.1 Å². The molecule has 2 aromatic carbocycles. The summed E-state index contributed by atoms with van der Waals surface area (Å²) in [6.07, 6.45) is 1.26. The first kappa shape index (κ1) is 20.1. The quantitative estimate of drug-likeness (QED) is 0.838. The van der Waals surface area contributed by atoms with Crippen molar-refractivity contribution in [1.29, 1.82) is 0 Å². The van der Waals surface area contributed by atoms with Crippen molar-refractivity contribution in [3.63, 3.8) is 0 Å². The van der Waals surface area contributed by atoms with Gasteiger partial charge >= 0.3 is 0 Å². The van der Waals surface area contributed by atoms with E-state index in [1.165, 1.54) is 6.92 Å². The molecule has 1 aliphatic heterocycles. The number of morpholine rings is 1. The lowest BCUT2D eigenvalue weighted by atomic mass is 9.87. The van der Waals surface area contributed by atoms with Gasteiger partial charge in [-0.3, -0.25) is 9.59 Å². The zero-order valence-electron chi connectivity index (χ0n) is 16.6. The molecule has 1 fully saturated rings. The fraction of sp³-hybridized carbons (Fsp3) is 0.391. The summed E-state index contributed by atoms with van der Waals surface area (Å²) in [5, 5.41) is 2.98. The SMILES string of the molecule is CCCNC(=O)C1(Cc2ccccc2-c2ccccc2)CN(C(C)=O)CCO1. The van der Waals surface area contributed by atoms with Crippen LogP contribution in [-0.2, 0) is 20.7 Å². The third-order valence-corrected chi connectivity index (χ3v) is 5.16. The number of carbonyl (C=O) groups is 2. The molecule has 148 valence electrons. The highest BCUT2D eigenvalue weighted by Crippen LogP contribution is 2.30. The minimum Gasteiger partial charge on any atom is -0.361 e. The molecule has 1 saturated heterocycles.